The van der Waals surface area contributed by atoms with Crippen LogP contribution in [0.25, 0.3) is 0 Å². The minimum absolute atomic E-state index is 0.158. The number of nitro groups is 1. The van der Waals surface area contributed by atoms with Crippen LogP contribution in [0.1, 0.15) is 12.8 Å². The molecule has 0 aromatic carbocycles. The Labute approximate surface area is 116 Å². The first-order valence-corrected chi connectivity index (χ1v) is 7.70. The van der Waals surface area contributed by atoms with Gasteiger partial charge in [0.05, 0.1) is 4.92 Å². The molecule has 1 aromatic heterocycles. The summed E-state index contributed by atoms with van der Waals surface area (Å²) in [5.74, 6) is 0.353. The van der Waals surface area contributed by atoms with E-state index in [-0.39, 0.29) is 10.7 Å². The summed E-state index contributed by atoms with van der Waals surface area (Å²) in [5, 5.41) is 10.4. The highest BCUT2D eigenvalue weighted by molar-refractivity contribution is 7.89. The van der Waals surface area contributed by atoms with Crippen LogP contribution in [-0.2, 0) is 10.0 Å². The van der Waals surface area contributed by atoms with Crippen molar-refractivity contribution >= 4 is 15.7 Å². The van der Waals surface area contributed by atoms with Crippen molar-refractivity contribution in [2.24, 2.45) is 11.7 Å². The van der Waals surface area contributed by atoms with Crippen LogP contribution >= 0.6 is 0 Å². The van der Waals surface area contributed by atoms with E-state index < -0.39 is 14.9 Å². The van der Waals surface area contributed by atoms with Gasteiger partial charge in [-0.05, 0) is 31.4 Å². The molecule has 0 bridgehead atoms. The largest absolute Gasteiger partial charge is 0.330 e. The quantitative estimate of drug-likeness (QED) is 0.633. The molecule has 1 aliphatic heterocycles. The lowest BCUT2D eigenvalue weighted by atomic mass is 9.99. The van der Waals surface area contributed by atoms with Crippen LogP contribution in [0.5, 0.6) is 0 Å². The van der Waals surface area contributed by atoms with E-state index in [9.17, 15) is 18.5 Å². The smallest absolute Gasteiger partial charge is 0.287 e. The number of sulfonamides is 1. The summed E-state index contributed by atoms with van der Waals surface area (Å²) in [6.07, 6.45) is 2.41. The van der Waals surface area contributed by atoms with Crippen LogP contribution in [0, 0.1) is 16.0 Å². The average molecular weight is 300 g/mol. The molecule has 1 saturated heterocycles. The monoisotopic (exact) mass is 300 g/mol. The maximum Gasteiger partial charge on any atom is 0.287 e. The van der Waals surface area contributed by atoms with E-state index >= 15 is 0 Å². The average Bonchev–Trinajstić information content (AvgIpc) is 2.47. The third-order valence-electron chi connectivity index (χ3n) is 3.44. The number of hydrogen-bond donors (Lipinski definition) is 1. The van der Waals surface area contributed by atoms with Crippen LogP contribution in [0.15, 0.2) is 23.4 Å². The highest BCUT2D eigenvalue weighted by atomic mass is 32.2. The molecule has 0 aliphatic carbocycles. The first kappa shape index (κ1) is 14.8. The van der Waals surface area contributed by atoms with Gasteiger partial charge in [0.1, 0.15) is 6.20 Å². The van der Waals surface area contributed by atoms with Crippen molar-refractivity contribution in [3.8, 4) is 0 Å². The number of pyridine rings is 1. The first-order chi connectivity index (χ1) is 9.45. The second-order valence-corrected chi connectivity index (χ2v) is 6.58. The van der Waals surface area contributed by atoms with E-state index in [0.29, 0.717) is 25.6 Å². The van der Waals surface area contributed by atoms with Gasteiger partial charge in [0.25, 0.3) is 15.7 Å². The molecule has 9 heteroatoms. The molecule has 20 heavy (non-hydrogen) atoms. The molecule has 1 fully saturated rings. The molecule has 2 heterocycles. The summed E-state index contributed by atoms with van der Waals surface area (Å²) in [5.41, 5.74) is 5.34. The number of hydrogen-bond acceptors (Lipinski definition) is 6. The minimum Gasteiger partial charge on any atom is -0.330 e. The molecule has 0 amide bonds. The third-order valence-corrected chi connectivity index (χ3v) is 5.26. The highest BCUT2D eigenvalue weighted by Gasteiger charge is 2.30. The van der Waals surface area contributed by atoms with Gasteiger partial charge >= 0.3 is 0 Å². The second kappa shape index (κ2) is 5.81. The predicted octanol–water partition coefficient (Wildman–Crippen LogP) is 0.349. The van der Waals surface area contributed by atoms with Crippen LogP contribution in [-0.4, -0.2) is 42.3 Å². The Bertz CT molecular complexity index is 579. The topological polar surface area (TPSA) is 119 Å². The van der Waals surface area contributed by atoms with Crippen molar-refractivity contribution in [2.75, 3.05) is 19.6 Å². The van der Waals surface area contributed by atoms with Crippen LogP contribution in [0.3, 0.4) is 0 Å². The van der Waals surface area contributed by atoms with Crippen LogP contribution < -0.4 is 5.73 Å². The van der Waals surface area contributed by atoms with Gasteiger partial charge in [-0.3, -0.25) is 10.1 Å². The van der Waals surface area contributed by atoms with Gasteiger partial charge in [0, 0.05) is 19.2 Å². The molecular formula is C11H16N4O4S. The molecule has 0 radical (unpaired) electrons. The Hall–Kier alpha value is -1.58. The highest BCUT2D eigenvalue weighted by Crippen LogP contribution is 2.23. The van der Waals surface area contributed by atoms with Gasteiger partial charge in [-0.1, -0.05) is 0 Å². The van der Waals surface area contributed by atoms with E-state index in [1.807, 2.05) is 0 Å². The standard InChI is InChI=1S/C11H16N4O4S/c12-7-9-3-5-14(6-4-9)20(18,19)11-2-1-10(8-13-11)15(16)17/h1-2,8-9H,3-7,12H2. The summed E-state index contributed by atoms with van der Waals surface area (Å²) in [6, 6.07) is 2.31. The summed E-state index contributed by atoms with van der Waals surface area (Å²) in [4.78, 5) is 13.6. The third kappa shape index (κ3) is 2.94. The first-order valence-electron chi connectivity index (χ1n) is 6.26. The van der Waals surface area contributed by atoms with Gasteiger partial charge in [0.15, 0.2) is 5.03 Å². The van der Waals surface area contributed by atoms with Crippen molar-refractivity contribution in [1.29, 1.82) is 0 Å². The maximum atomic E-state index is 12.3. The van der Waals surface area contributed by atoms with Gasteiger partial charge < -0.3 is 5.73 Å². The van der Waals surface area contributed by atoms with Crippen molar-refractivity contribution in [1.82, 2.24) is 9.29 Å². The van der Waals surface area contributed by atoms with E-state index in [1.165, 1.54) is 10.4 Å². The van der Waals surface area contributed by atoms with Crippen molar-refractivity contribution in [2.45, 2.75) is 17.9 Å². The molecule has 110 valence electrons. The Kier molecular flexibility index (Phi) is 4.31. The molecule has 0 atom stereocenters. The zero-order valence-electron chi connectivity index (χ0n) is 10.8. The van der Waals surface area contributed by atoms with E-state index in [1.54, 1.807) is 0 Å². The molecule has 2 rings (SSSR count). The van der Waals surface area contributed by atoms with Crippen molar-refractivity contribution in [3.63, 3.8) is 0 Å². The number of aromatic nitrogens is 1. The lowest BCUT2D eigenvalue weighted by Crippen LogP contribution is -2.40. The number of piperidine rings is 1. The molecule has 2 N–H and O–H groups in total. The molecular weight excluding hydrogens is 284 g/mol. The Morgan fingerprint density at radius 2 is 2.05 bits per heavy atom. The molecule has 0 spiro atoms. The number of nitrogens with zero attached hydrogens (tertiary/aromatic N) is 3. The second-order valence-electron chi connectivity index (χ2n) is 4.69. The van der Waals surface area contributed by atoms with Gasteiger partial charge in [0.2, 0.25) is 0 Å². The van der Waals surface area contributed by atoms with Gasteiger partial charge in [-0.2, -0.15) is 4.31 Å². The lowest BCUT2D eigenvalue weighted by Gasteiger charge is -2.30. The fraction of sp³-hybridized carbons (Fsp3) is 0.545. The molecule has 1 aliphatic rings. The van der Waals surface area contributed by atoms with Gasteiger partial charge in [-0.15, -0.1) is 0 Å². The molecule has 1 aromatic rings. The molecule has 8 nitrogen and oxygen atoms in total. The van der Waals surface area contributed by atoms with Crippen molar-refractivity contribution < 1.29 is 13.3 Å². The van der Waals surface area contributed by atoms with E-state index in [4.69, 9.17) is 5.73 Å². The Morgan fingerprint density at radius 1 is 1.40 bits per heavy atom. The van der Waals surface area contributed by atoms with E-state index in [0.717, 1.165) is 25.1 Å². The molecule has 0 saturated carbocycles. The zero-order valence-corrected chi connectivity index (χ0v) is 11.6. The number of rotatable bonds is 4. The van der Waals surface area contributed by atoms with Crippen molar-refractivity contribution in [3.05, 3.63) is 28.4 Å². The zero-order chi connectivity index (χ0) is 14.8. The Balaban J connectivity index is 2.16. The van der Waals surface area contributed by atoms with Gasteiger partial charge in [-0.25, -0.2) is 13.4 Å². The summed E-state index contributed by atoms with van der Waals surface area (Å²) < 4.78 is 26.0. The summed E-state index contributed by atoms with van der Waals surface area (Å²) in [6.45, 7) is 1.37. The predicted molar refractivity (Wildman–Crippen MR) is 71.4 cm³/mol. The SMILES string of the molecule is NCC1CCN(S(=O)(=O)c2ccc([N+](=O)[O-])cn2)CC1. The number of nitrogens with two attached hydrogens (primary N) is 1. The molecule has 0 unspecified atom stereocenters. The summed E-state index contributed by atoms with van der Waals surface area (Å²) in [7, 11) is -3.68. The lowest BCUT2D eigenvalue weighted by molar-refractivity contribution is -0.385. The minimum atomic E-state index is -3.68. The van der Waals surface area contributed by atoms with E-state index in [2.05, 4.69) is 4.98 Å². The Morgan fingerprint density at radius 3 is 2.50 bits per heavy atom. The van der Waals surface area contributed by atoms with Crippen LogP contribution in [0.4, 0.5) is 5.69 Å². The summed E-state index contributed by atoms with van der Waals surface area (Å²) >= 11 is 0. The fourth-order valence-corrected chi connectivity index (χ4v) is 3.53. The normalized spacial score (nSPS) is 18.1. The fourth-order valence-electron chi connectivity index (χ4n) is 2.15. The maximum absolute atomic E-state index is 12.3. The van der Waals surface area contributed by atoms with Crippen LogP contribution in [0.2, 0.25) is 0 Å².